The van der Waals surface area contributed by atoms with Crippen LogP contribution in [0.4, 0.5) is 11.5 Å². The third-order valence-corrected chi connectivity index (χ3v) is 4.66. The number of nitrogens with zero attached hydrogens (tertiary/aromatic N) is 1. The van der Waals surface area contributed by atoms with Crippen molar-refractivity contribution < 1.29 is 0 Å². The topological polar surface area (TPSA) is 50.9 Å². The maximum atomic E-state index is 5.88. The highest BCUT2D eigenvalue weighted by Crippen LogP contribution is 2.33. The smallest absolute Gasteiger partial charge is 0.126 e. The summed E-state index contributed by atoms with van der Waals surface area (Å²) in [6.07, 6.45) is 3.43. The number of nitrogens with two attached hydrogens (primary N) is 1. The van der Waals surface area contributed by atoms with Crippen molar-refractivity contribution in [2.75, 3.05) is 11.1 Å². The minimum absolute atomic E-state index is 0.326. The summed E-state index contributed by atoms with van der Waals surface area (Å²) in [6.45, 7) is 2.00. The van der Waals surface area contributed by atoms with E-state index in [-0.39, 0.29) is 0 Å². The number of pyridine rings is 1. The number of hydrogen-bond acceptors (Lipinski definition) is 3. The minimum atomic E-state index is 0.326. The molecular weight excluding hydrogens is 314 g/mol. The number of nitrogen functional groups attached to an aromatic ring is 1. The standard InChI is InChI=1S/C16H18BrN3/c1-10-14(17)7-8-16(19-10)20-15-4-2-3-11-9-12(18)5-6-13(11)15/h5-9,15H,2-4,18H2,1H3,(H,19,20). The number of aryl methyl sites for hydroxylation is 2. The number of benzene rings is 1. The summed E-state index contributed by atoms with van der Waals surface area (Å²) < 4.78 is 1.04. The predicted octanol–water partition coefficient (Wildman–Crippen LogP) is 4.22. The highest BCUT2D eigenvalue weighted by atomic mass is 79.9. The molecule has 0 aliphatic heterocycles. The molecule has 3 N–H and O–H groups in total. The van der Waals surface area contributed by atoms with Crippen LogP contribution in [0.1, 0.15) is 35.7 Å². The van der Waals surface area contributed by atoms with Gasteiger partial charge in [0.25, 0.3) is 0 Å². The average molecular weight is 332 g/mol. The summed E-state index contributed by atoms with van der Waals surface area (Å²) in [7, 11) is 0. The van der Waals surface area contributed by atoms with E-state index in [0.717, 1.165) is 34.5 Å². The third-order valence-electron chi connectivity index (χ3n) is 3.82. The highest BCUT2D eigenvalue weighted by Gasteiger charge is 2.20. The number of hydrogen-bond donors (Lipinski definition) is 2. The van der Waals surface area contributed by atoms with Crippen molar-refractivity contribution >= 4 is 27.4 Å². The Morgan fingerprint density at radius 2 is 2.15 bits per heavy atom. The lowest BCUT2D eigenvalue weighted by Crippen LogP contribution is -2.18. The van der Waals surface area contributed by atoms with E-state index in [4.69, 9.17) is 5.73 Å². The molecule has 1 aromatic carbocycles. The maximum absolute atomic E-state index is 5.88. The molecule has 20 heavy (non-hydrogen) atoms. The summed E-state index contributed by atoms with van der Waals surface area (Å²) in [6, 6.07) is 10.6. The van der Waals surface area contributed by atoms with Crippen LogP contribution in [0.5, 0.6) is 0 Å². The number of anilines is 2. The second kappa shape index (κ2) is 5.44. The summed E-state index contributed by atoms with van der Waals surface area (Å²) in [5.41, 5.74) is 10.4. The highest BCUT2D eigenvalue weighted by molar-refractivity contribution is 9.10. The van der Waals surface area contributed by atoms with Gasteiger partial charge in [-0.25, -0.2) is 4.98 Å². The fourth-order valence-electron chi connectivity index (χ4n) is 2.79. The van der Waals surface area contributed by atoms with Crippen molar-refractivity contribution in [2.45, 2.75) is 32.2 Å². The molecule has 1 aliphatic rings. The fraction of sp³-hybridized carbons (Fsp3) is 0.312. The van der Waals surface area contributed by atoms with Gasteiger partial charge in [-0.05, 0) is 77.5 Å². The lowest BCUT2D eigenvalue weighted by atomic mass is 9.87. The molecule has 1 atom stereocenters. The molecule has 1 aliphatic carbocycles. The number of aromatic nitrogens is 1. The van der Waals surface area contributed by atoms with Gasteiger partial charge < -0.3 is 11.1 Å². The molecule has 1 heterocycles. The SMILES string of the molecule is Cc1nc(NC2CCCc3cc(N)ccc32)ccc1Br. The third kappa shape index (κ3) is 2.66. The molecule has 0 bridgehead atoms. The van der Waals surface area contributed by atoms with E-state index in [1.54, 1.807) is 0 Å². The summed E-state index contributed by atoms with van der Waals surface area (Å²) in [5.74, 6) is 0.931. The zero-order chi connectivity index (χ0) is 14.1. The zero-order valence-corrected chi connectivity index (χ0v) is 13.1. The number of rotatable bonds is 2. The maximum Gasteiger partial charge on any atom is 0.126 e. The molecule has 104 valence electrons. The zero-order valence-electron chi connectivity index (χ0n) is 11.5. The van der Waals surface area contributed by atoms with Gasteiger partial charge in [0.05, 0.1) is 11.7 Å². The second-order valence-electron chi connectivity index (χ2n) is 5.31. The van der Waals surface area contributed by atoms with Crippen LogP contribution in [-0.4, -0.2) is 4.98 Å². The van der Waals surface area contributed by atoms with Crippen LogP contribution >= 0.6 is 15.9 Å². The monoisotopic (exact) mass is 331 g/mol. The van der Waals surface area contributed by atoms with Crippen LogP contribution in [0.2, 0.25) is 0 Å². The van der Waals surface area contributed by atoms with E-state index in [9.17, 15) is 0 Å². The van der Waals surface area contributed by atoms with E-state index in [0.29, 0.717) is 6.04 Å². The van der Waals surface area contributed by atoms with Gasteiger partial charge in [-0.3, -0.25) is 0 Å². The van der Waals surface area contributed by atoms with Crippen LogP contribution in [-0.2, 0) is 6.42 Å². The Kier molecular flexibility index (Phi) is 3.66. The Balaban J connectivity index is 1.87. The van der Waals surface area contributed by atoms with Crippen molar-refractivity contribution in [2.24, 2.45) is 0 Å². The van der Waals surface area contributed by atoms with Crippen molar-refractivity contribution in [1.29, 1.82) is 0 Å². The van der Waals surface area contributed by atoms with E-state index in [1.165, 1.54) is 17.5 Å². The van der Waals surface area contributed by atoms with Crippen LogP contribution in [0.15, 0.2) is 34.8 Å². The molecule has 0 saturated heterocycles. The van der Waals surface area contributed by atoms with Gasteiger partial charge in [0.15, 0.2) is 0 Å². The van der Waals surface area contributed by atoms with Gasteiger partial charge in [-0.1, -0.05) is 6.07 Å². The quantitative estimate of drug-likeness (QED) is 0.810. The van der Waals surface area contributed by atoms with E-state index in [1.807, 2.05) is 25.1 Å². The Bertz CT molecular complexity index is 640. The van der Waals surface area contributed by atoms with Crippen molar-refractivity contribution in [3.8, 4) is 0 Å². The fourth-order valence-corrected chi connectivity index (χ4v) is 3.01. The molecule has 4 heteroatoms. The normalized spacial score (nSPS) is 17.6. The van der Waals surface area contributed by atoms with Crippen LogP contribution in [0, 0.1) is 6.92 Å². The molecule has 0 amide bonds. The number of nitrogens with one attached hydrogen (secondary N) is 1. The molecule has 0 radical (unpaired) electrons. The van der Waals surface area contributed by atoms with Crippen LogP contribution < -0.4 is 11.1 Å². The summed E-state index contributed by atoms with van der Waals surface area (Å²) >= 11 is 3.48. The Labute approximate surface area is 127 Å². The average Bonchev–Trinajstić information content (AvgIpc) is 2.43. The van der Waals surface area contributed by atoms with Gasteiger partial charge in [-0.2, -0.15) is 0 Å². The molecule has 0 spiro atoms. The van der Waals surface area contributed by atoms with E-state index < -0.39 is 0 Å². The van der Waals surface area contributed by atoms with Gasteiger partial charge in [0, 0.05) is 10.2 Å². The second-order valence-corrected chi connectivity index (χ2v) is 6.17. The molecule has 1 aromatic heterocycles. The van der Waals surface area contributed by atoms with Crippen molar-refractivity contribution in [3.05, 3.63) is 51.6 Å². The van der Waals surface area contributed by atoms with Crippen molar-refractivity contribution in [3.63, 3.8) is 0 Å². The Morgan fingerprint density at radius 1 is 1.30 bits per heavy atom. The molecule has 3 nitrogen and oxygen atoms in total. The summed E-state index contributed by atoms with van der Waals surface area (Å²) in [4.78, 5) is 4.57. The van der Waals surface area contributed by atoms with E-state index in [2.05, 4.69) is 38.4 Å². The van der Waals surface area contributed by atoms with Gasteiger partial charge in [-0.15, -0.1) is 0 Å². The summed E-state index contributed by atoms with van der Waals surface area (Å²) in [5, 5.41) is 3.55. The first kappa shape index (κ1) is 13.4. The lowest BCUT2D eigenvalue weighted by Gasteiger charge is -2.27. The molecule has 1 unspecified atom stereocenters. The predicted molar refractivity (Wildman–Crippen MR) is 86.8 cm³/mol. The number of halogens is 1. The molecule has 2 aromatic rings. The van der Waals surface area contributed by atoms with Gasteiger partial charge in [0.2, 0.25) is 0 Å². The van der Waals surface area contributed by atoms with Crippen molar-refractivity contribution in [1.82, 2.24) is 4.98 Å². The first-order chi connectivity index (χ1) is 9.63. The Morgan fingerprint density at radius 3 is 2.95 bits per heavy atom. The molecule has 3 rings (SSSR count). The molecular formula is C16H18BrN3. The minimum Gasteiger partial charge on any atom is -0.399 e. The first-order valence-corrected chi connectivity index (χ1v) is 7.71. The largest absolute Gasteiger partial charge is 0.399 e. The van der Waals surface area contributed by atoms with Gasteiger partial charge >= 0.3 is 0 Å². The van der Waals surface area contributed by atoms with Crippen LogP contribution in [0.3, 0.4) is 0 Å². The van der Waals surface area contributed by atoms with Crippen LogP contribution in [0.25, 0.3) is 0 Å². The molecule has 0 saturated carbocycles. The lowest BCUT2D eigenvalue weighted by molar-refractivity contribution is 0.598. The van der Waals surface area contributed by atoms with Gasteiger partial charge in [0.1, 0.15) is 5.82 Å². The van der Waals surface area contributed by atoms with E-state index >= 15 is 0 Å². The number of fused-ring (bicyclic) bond motifs is 1. The Hall–Kier alpha value is -1.55. The molecule has 0 fully saturated rings. The first-order valence-electron chi connectivity index (χ1n) is 6.91.